The van der Waals surface area contributed by atoms with Crippen LogP contribution in [0.2, 0.25) is 5.04 Å². The van der Waals surface area contributed by atoms with Crippen LogP contribution in [0.25, 0.3) is 0 Å². The fourth-order valence-electron chi connectivity index (χ4n) is 5.34. The Morgan fingerprint density at radius 2 is 1.59 bits per heavy atom. The van der Waals surface area contributed by atoms with E-state index in [0.29, 0.717) is 13.0 Å². The van der Waals surface area contributed by atoms with Crippen LogP contribution in [0.5, 0.6) is 0 Å². The van der Waals surface area contributed by atoms with Crippen molar-refractivity contribution in [3.8, 4) is 0 Å². The molecule has 1 fully saturated rings. The summed E-state index contributed by atoms with van der Waals surface area (Å²) < 4.78 is 12.2. The van der Waals surface area contributed by atoms with Crippen LogP contribution in [0.1, 0.15) is 59.8 Å². The minimum absolute atomic E-state index is 0.171. The van der Waals surface area contributed by atoms with Crippen LogP contribution in [0.15, 0.2) is 60.7 Å². The van der Waals surface area contributed by atoms with Crippen molar-refractivity contribution in [2.24, 2.45) is 5.92 Å². The van der Waals surface area contributed by atoms with Crippen molar-refractivity contribution in [1.82, 2.24) is 4.90 Å². The summed E-state index contributed by atoms with van der Waals surface area (Å²) in [6.07, 6.45) is 3.67. The number of hydrogen-bond donors (Lipinski definition) is 0. The molecule has 0 spiro atoms. The van der Waals surface area contributed by atoms with E-state index in [1.165, 1.54) is 22.4 Å². The SMILES string of the molecule is CCCC[C@@H]1CCC(=O)N(C(=O)OC)[C@@H]1CO[Si](c1ccccc1)(c1ccccc1)C(C)(C)C. The molecule has 1 heterocycles. The molecule has 1 aliphatic rings. The van der Waals surface area contributed by atoms with Gasteiger partial charge in [0.05, 0.1) is 19.8 Å². The Bertz CT molecular complexity index is 894. The van der Waals surface area contributed by atoms with E-state index in [4.69, 9.17) is 9.16 Å². The number of hydrogen-bond acceptors (Lipinski definition) is 4. The summed E-state index contributed by atoms with van der Waals surface area (Å²) in [5, 5.41) is 2.19. The van der Waals surface area contributed by atoms with Crippen molar-refractivity contribution in [3.05, 3.63) is 60.7 Å². The lowest BCUT2D eigenvalue weighted by Crippen LogP contribution is -2.68. The van der Waals surface area contributed by atoms with Gasteiger partial charge in [-0.1, -0.05) is 101 Å². The van der Waals surface area contributed by atoms with Gasteiger partial charge in [-0.25, -0.2) is 9.69 Å². The van der Waals surface area contributed by atoms with Gasteiger partial charge in [-0.15, -0.1) is 0 Å². The molecule has 3 rings (SSSR count). The highest BCUT2D eigenvalue weighted by atomic mass is 28.4. The molecule has 0 radical (unpaired) electrons. The predicted octanol–water partition coefficient (Wildman–Crippen LogP) is 5.13. The molecular formula is C28H39NO4Si. The Kier molecular flexibility index (Phi) is 8.71. The lowest BCUT2D eigenvalue weighted by Gasteiger charge is -2.46. The molecule has 0 bridgehead atoms. The lowest BCUT2D eigenvalue weighted by molar-refractivity contribution is -0.137. The minimum atomic E-state index is -2.78. The third-order valence-electron chi connectivity index (χ3n) is 7.06. The number of unbranched alkanes of at least 4 members (excludes halogenated alkanes) is 1. The fraction of sp³-hybridized carbons (Fsp3) is 0.500. The van der Waals surface area contributed by atoms with Crippen LogP contribution >= 0.6 is 0 Å². The topological polar surface area (TPSA) is 55.8 Å². The second-order valence-electron chi connectivity index (χ2n) is 10.2. The molecule has 2 amide bonds. The fourth-order valence-corrected chi connectivity index (χ4v) is 9.91. The Morgan fingerprint density at radius 3 is 2.06 bits per heavy atom. The Morgan fingerprint density at radius 1 is 1.03 bits per heavy atom. The first kappa shape index (κ1) is 26.2. The monoisotopic (exact) mass is 481 g/mol. The van der Waals surface area contributed by atoms with E-state index < -0.39 is 14.4 Å². The third kappa shape index (κ3) is 5.28. The number of methoxy groups -OCH3 is 1. The number of rotatable bonds is 8. The van der Waals surface area contributed by atoms with Crippen molar-refractivity contribution in [1.29, 1.82) is 0 Å². The van der Waals surface area contributed by atoms with Gasteiger partial charge >= 0.3 is 6.09 Å². The highest BCUT2D eigenvalue weighted by molar-refractivity contribution is 6.99. The molecule has 0 unspecified atom stereocenters. The van der Waals surface area contributed by atoms with Gasteiger partial charge in [0, 0.05) is 6.42 Å². The summed E-state index contributed by atoms with van der Waals surface area (Å²) in [6.45, 7) is 9.18. The highest BCUT2D eigenvalue weighted by Crippen LogP contribution is 2.38. The molecule has 2 atom stereocenters. The molecule has 1 aliphatic heterocycles. The second-order valence-corrected chi connectivity index (χ2v) is 14.5. The van der Waals surface area contributed by atoms with Gasteiger partial charge < -0.3 is 9.16 Å². The first-order valence-corrected chi connectivity index (χ1v) is 14.3. The van der Waals surface area contributed by atoms with Crippen molar-refractivity contribution in [2.75, 3.05) is 13.7 Å². The first-order valence-electron chi connectivity index (χ1n) is 12.4. The van der Waals surface area contributed by atoms with Crippen LogP contribution in [0.4, 0.5) is 4.79 Å². The van der Waals surface area contributed by atoms with E-state index in [9.17, 15) is 9.59 Å². The number of ether oxygens (including phenoxy) is 1. The zero-order valence-electron chi connectivity index (χ0n) is 21.3. The Hall–Kier alpha value is -2.44. The maximum absolute atomic E-state index is 12.9. The average Bonchev–Trinajstić information content (AvgIpc) is 2.84. The molecule has 0 aromatic heterocycles. The summed E-state index contributed by atoms with van der Waals surface area (Å²) in [4.78, 5) is 26.9. The number of imide groups is 1. The molecule has 0 aliphatic carbocycles. The van der Waals surface area contributed by atoms with Gasteiger partial charge in [-0.05, 0) is 34.2 Å². The van der Waals surface area contributed by atoms with Gasteiger partial charge in [-0.3, -0.25) is 4.79 Å². The normalized spacial score (nSPS) is 19.2. The van der Waals surface area contributed by atoms with E-state index in [-0.39, 0.29) is 22.9 Å². The standard InChI is InChI=1S/C28H39NO4Si/c1-6-7-14-22-19-20-26(30)29(27(31)32-5)25(22)21-33-34(28(2,3)4,23-15-10-8-11-16-23)24-17-12-9-13-18-24/h8-13,15-18,22,25H,6-7,14,19-21H2,1-5H3/t22-,25-/m1/s1. The zero-order chi connectivity index (χ0) is 24.8. The van der Waals surface area contributed by atoms with Gasteiger partial charge in [0.15, 0.2) is 0 Å². The van der Waals surface area contributed by atoms with Crippen molar-refractivity contribution < 1.29 is 18.8 Å². The van der Waals surface area contributed by atoms with E-state index >= 15 is 0 Å². The Labute approximate surface area is 205 Å². The van der Waals surface area contributed by atoms with Crippen molar-refractivity contribution in [3.63, 3.8) is 0 Å². The second kappa shape index (κ2) is 11.3. The van der Waals surface area contributed by atoms with E-state index in [0.717, 1.165) is 25.7 Å². The summed E-state index contributed by atoms with van der Waals surface area (Å²) in [6, 6.07) is 20.6. The van der Waals surface area contributed by atoms with Crippen LogP contribution < -0.4 is 10.4 Å². The number of nitrogens with zero attached hydrogens (tertiary/aromatic N) is 1. The summed E-state index contributed by atoms with van der Waals surface area (Å²) in [7, 11) is -1.44. The van der Waals surface area contributed by atoms with Gasteiger partial charge in [-0.2, -0.15) is 0 Å². The van der Waals surface area contributed by atoms with Crippen molar-refractivity contribution in [2.45, 2.75) is 70.9 Å². The maximum atomic E-state index is 12.9. The largest absolute Gasteiger partial charge is 0.452 e. The van der Waals surface area contributed by atoms with Gasteiger partial charge in [0.25, 0.3) is 8.32 Å². The molecule has 6 heteroatoms. The molecule has 5 nitrogen and oxygen atoms in total. The smallest absolute Gasteiger partial charge is 0.416 e. The number of carbonyl (C=O) groups excluding carboxylic acids is 2. The van der Waals surface area contributed by atoms with Crippen LogP contribution in [0.3, 0.4) is 0 Å². The molecule has 0 N–H and O–H groups in total. The quantitative estimate of drug-likeness (QED) is 0.491. The molecule has 1 saturated heterocycles. The number of carbonyl (C=O) groups is 2. The van der Waals surface area contributed by atoms with Crippen molar-refractivity contribution >= 4 is 30.7 Å². The molecule has 2 aromatic carbocycles. The van der Waals surface area contributed by atoms with E-state index in [2.05, 4.69) is 76.2 Å². The molecule has 34 heavy (non-hydrogen) atoms. The van der Waals surface area contributed by atoms with Gasteiger partial charge in [0.1, 0.15) is 0 Å². The molecule has 184 valence electrons. The summed E-state index contributed by atoms with van der Waals surface area (Å²) >= 11 is 0. The minimum Gasteiger partial charge on any atom is -0.452 e. The molecule has 2 aromatic rings. The third-order valence-corrected chi connectivity index (χ3v) is 12.1. The number of piperidine rings is 1. The average molecular weight is 482 g/mol. The van der Waals surface area contributed by atoms with Crippen LogP contribution in [-0.2, 0) is 14.0 Å². The molecule has 0 saturated carbocycles. The molecular weight excluding hydrogens is 442 g/mol. The van der Waals surface area contributed by atoms with Crippen LogP contribution in [0, 0.1) is 5.92 Å². The van der Waals surface area contributed by atoms with Gasteiger partial charge in [0.2, 0.25) is 5.91 Å². The summed E-state index contributed by atoms with van der Waals surface area (Å²) in [5.41, 5.74) is 0. The zero-order valence-corrected chi connectivity index (χ0v) is 22.3. The van der Waals surface area contributed by atoms with E-state index in [1.54, 1.807) is 0 Å². The maximum Gasteiger partial charge on any atom is 0.416 e. The Balaban J connectivity index is 2.07. The lowest BCUT2D eigenvalue weighted by atomic mass is 9.85. The van der Waals surface area contributed by atoms with E-state index in [1.807, 2.05) is 12.1 Å². The number of benzene rings is 2. The predicted molar refractivity (Wildman–Crippen MR) is 139 cm³/mol. The number of likely N-dealkylation sites (tertiary alicyclic amines) is 1. The summed E-state index contributed by atoms with van der Waals surface area (Å²) in [5.74, 6) is 0.0330. The number of amides is 2. The first-order chi connectivity index (χ1) is 16.3. The van der Waals surface area contributed by atoms with Crippen LogP contribution in [-0.4, -0.2) is 45.0 Å². The highest BCUT2D eigenvalue weighted by Gasteiger charge is 2.51.